The van der Waals surface area contributed by atoms with Gasteiger partial charge in [0.05, 0.1) is 11.3 Å². The maximum absolute atomic E-state index is 5.95. The fraction of sp³-hybridized carbons (Fsp3) is 0.500. The van der Waals surface area contributed by atoms with Gasteiger partial charge >= 0.3 is 0 Å². The van der Waals surface area contributed by atoms with Crippen molar-refractivity contribution in [1.82, 2.24) is 10.1 Å². The maximum Gasteiger partial charge on any atom is 0.234 e. The zero-order valence-electron chi connectivity index (χ0n) is 9.52. The topological polar surface area (TPSA) is 38.9 Å². The predicted molar refractivity (Wildman–Crippen MR) is 67.7 cm³/mol. The maximum atomic E-state index is 5.95. The number of alkyl halides is 1. The number of aromatic nitrogens is 2. The molecule has 3 rings (SSSR count). The molecule has 0 spiro atoms. The average Bonchev–Trinajstić information content (AvgIpc) is 2.97. The van der Waals surface area contributed by atoms with E-state index in [4.69, 9.17) is 16.1 Å². The molecule has 0 N–H and O–H groups in total. The molecule has 2 aromatic heterocycles. The predicted octanol–water partition coefficient (Wildman–Crippen LogP) is 3.90. The highest BCUT2D eigenvalue weighted by Gasteiger charge is 2.27. The molecule has 2 unspecified atom stereocenters. The molecular weight excluding hydrogens is 256 g/mol. The van der Waals surface area contributed by atoms with Crippen molar-refractivity contribution in [3.63, 3.8) is 0 Å². The molecule has 0 aromatic carbocycles. The molecule has 0 radical (unpaired) electrons. The summed E-state index contributed by atoms with van der Waals surface area (Å²) < 4.78 is 5.35. The molecule has 17 heavy (non-hydrogen) atoms. The number of nitrogens with zero attached hydrogens (tertiary/aromatic N) is 2. The van der Waals surface area contributed by atoms with Crippen molar-refractivity contribution in [2.75, 3.05) is 0 Å². The van der Waals surface area contributed by atoms with Crippen molar-refractivity contribution >= 4 is 22.9 Å². The van der Waals surface area contributed by atoms with Gasteiger partial charge in [0.25, 0.3) is 0 Å². The van der Waals surface area contributed by atoms with Crippen molar-refractivity contribution in [3.8, 4) is 0 Å². The first-order valence-corrected chi connectivity index (χ1v) is 7.11. The van der Waals surface area contributed by atoms with Crippen LogP contribution in [0, 0.1) is 0 Å². The van der Waals surface area contributed by atoms with E-state index in [9.17, 15) is 0 Å². The molecule has 0 fully saturated rings. The molecule has 0 amide bonds. The van der Waals surface area contributed by atoms with Crippen molar-refractivity contribution in [3.05, 3.63) is 33.6 Å². The Kier molecular flexibility index (Phi) is 2.92. The van der Waals surface area contributed by atoms with Crippen LogP contribution >= 0.6 is 22.9 Å². The van der Waals surface area contributed by atoms with Crippen molar-refractivity contribution < 1.29 is 4.52 Å². The minimum Gasteiger partial charge on any atom is -0.339 e. The number of thiophene rings is 1. The summed E-state index contributed by atoms with van der Waals surface area (Å²) in [5, 5.41) is 5.88. The Balaban J connectivity index is 1.95. The third-order valence-electron chi connectivity index (χ3n) is 3.16. The van der Waals surface area contributed by atoms with Gasteiger partial charge in [-0.25, -0.2) is 0 Å². The first-order valence-electron chi connectivity index (χ1n) is 5.79. The number of aryl methyl sites for hydroxylation is 1. The Morgan fingerprint density at radius 3 is 3.24 bits per heavy atom. The van der Waals surface area contributed by atoms with E-state index in [0.717, 1.165) is 6.42 Å². The van der Waals surface area contributed by atoms with E-state index in [-0.39, 0.29) is 11.3 Å². The lowest BCUT2D eigenvalue weighted by molar-refractivity contribution is 0.351. The minimum atomic E-state index is -0.196. The van der Waals surface area contributed by atoms with Crippen LogP contribution in [0.2, 0.25) is 0 Å². The Morgan fingerprint density at radius 2 is 2.47 bits per heavy atom. The fourth-order valence-corrected chi connectivity index (χ4v) is 3.37. The van der Waals surface area contributed by atoms with E-state index >= 15 is 0 Å². The van der Waals surface area contributed by atoms with Gasteiger partial charge in [-0.2, -0.15) is 4.98 Å². The van der Waals surface area contributed by atoms with E-state index in [1.165, 1.54) is 23.3 Å². The van der Waals surface area contributed by atoms with Gasteiger partial charge in [0.1, 0.15) is 0 Å². The molecule has 2 aromatic rings. The van der Waals surface area contributed by atoms with Gasteiger partial charge in [-0.3, -0.25) is 0 Å². The summed E-state index contributed by atoms with van der Waals surface area (Å²) in [6.45, 7) is 1.85. The van der Waals surface area contributed by atoms with Gasteiger partial charge < -0.3 is 4.52 Å². The summed E-state index contributed by atoms with van der Waals surface area (Å²) >= 11 is 7.77. The number of rotatable bonds is 2. The van der Waals surface area contributed by atoms with Crippen LogP contribution in [-0.2, 0) is 6.42 Å². The van der Waals surface area contributed by atoms with Gasteiger partial charge in [-0.15, -0.1) is 22.9 Å². The molecule has 1 aliphatic rings. The summed E-state index contributed by atoms with van der Waals surface area (Å²) in [5.74, 6) is 1.57. The Hall–Kier alpha value is -0.870. The lowest BCUT2D eigenvalue weighted by Gasteiger charge is -2.18. The lowest BCUT2D eigenvalue weighted by Crippen LogP contribution is -2.08. The third kappa shape index (κ3) is 2.00. The zero-order valence-corrected chi connectivity index (χ0v) is 11.1. The van der Waals surface area contributed by atoms with E-state index in [1.54, 1.807) is 0 Å². The van der Waals surface area contributed by atoms with Crippen LogP contribution < -0.4 is 0 Å². The van der Waals surface area contributed by atoms with Crippen molar-refractivity contribution in [1.29, 1.82) is 0 Å². The van der Waals surface area contributed by atoms with Crippen LogP contribution in [0.5, 0.6) is 0 Å². The SMILES string of the molecule is CC(Cl)c1noc(C2CCCc3sccc32)n1. The van der Waals surface area contributed by atoms with Gasteiger partial charge in [0.2, 0.25) is 5.89 Å². The largest absolute Gasteiger partial charge is 0.339 e. The Bertz CT molecular complexity index is 520. The molecule has 0 saturated carbocycles. The molecule has 90 valence electrons. The highest BCUT2D eigenvalue weighted by atomic mass is 35.5. The molecule has 5 heteroatoms. The van der Waals surface area contributed by atoms with Crippen LogP contribution in [-0.4, -0.2) is 10.1 Å². The molecule has 0 saturated heterocycles. The van der Waals surface area contributed by atoms with E-state index in [1.807, 2.05) is 18.3 Å². The standard InChI is InChI=1S/C12H13ClN2OS/c1-7(13)11-14-12(16-15-11)9-3-2-4-10-8(9)5-6-17-10/h5-7,9H,2-4H2,1H3. The second kappa shape index (κ2) is 4.42. The summed E-state index contributed by atoms with van der Waals surface area (Å²) in [4.78, 5) is 5.87. The highest BCUT2D eigenvalue weighted by molar-refractivity contribution is 7.10. The van der Waals surface area contributed by atoms with Crippen LogP contribution in [0.4, 0.5) is 0 Å². The summed E-state index contributed by atoms with van der Waals surface area (Å²) in [6, 6.07) is 2.18. The summed E-state index contributed by atoms with van der Waals surface area (Å²) in [5.41, 5.74) is 1.36. The number of fused-ring (bicyclic) bond motifs is 1. The normalized spacial score (nSPS) is 21.2. The Labute approximate surface area is 109 Å². The van der Waals surface area contributed by atoms with Gasteiger partial charge in [0.15, 0.2) is 5.82 Å². The number of hydrogen-bond donors (Lipinski definition) is 0. The highest BCUT2D eigenvalue weighted by Crippen LogP contribution is 2.38. The molecular formula is C12H13ClN2OS. The van der Waals surface area contributed by atoms with Crippen LogP contribution in [0.1, 0.15) is 53.2 Å². The first kappa shape index (κ1) is 11.2. The minimum absolute atomic E-state index is 0.196. The van der Waals surface area contributed by atoms with Crippen LogP contribution in [0.15, 0.2) is 16.0 Å². The van der Waals surface area contributed by atoms with Gasteiger partial charge in [-0.05, 0) is 43.2 Å². The second-order valence-electron chi connectivity index (χ2n) is 4.35. The number of hydrogen-bond acceptors (Lipinski definition) is 4. The molecule has 0 bridgehead atoms. The summed E-state index contributed by atoms with van der Waals surface area (Å²) in [7, 11) is 0. The quantitative estimate of drug-likeness (QED) is 0.776. The van der Waals surface area contributed by atoms with Crippen LogP contribution in [0.25, 0.3) is 0 Å². The van der Waals surface area contributed by atoms with Crippen molar-refractivity contribution in [2.45, 2.75) is 37.5 Å². The molecule has 2 atom stereocenters. The summed E-state index contributed by atoms with van der Waals surface area (Å²) in [6.07, 6.45) is 3.45. The van der Waals surface area contributed by atoms with Crippen molar-refractivity contribution in [2.24, 2.45) is 0 Å². The van der Waals surface area contributed by atoms with E-state index < -0.39 is 0 Å². The average molecular weight is 269 g/mol. The molecule has 3 nitrogen and oxygen atoms in total. The number of halogens is 1. The first-order chi connectivity index (χ1) is 8.25. The lowest BCUT2D eigenvalue weighted by atomic mass is 9.88. The second-order valence-corrected chi connectivity index (χ2v) is 6.01. The molecule has 0 aliphatic heterocycles. The smallest absolute Gasteiger partial charge is 0.234 e. The fourth-order valence-electron chi connectivity index (χ4n) is 2.29. The third-order valence-corrected chi connectivity index (χ3v) is 4.35. The molecule has 1 aliphatic carbocycles. The van der Waals surface area contributed by atoms with E-state index in [2.05, 4.69) is 21.6 Å². The monoisotopic (exact) mass is 268 g/mol. The van der Waals surface area contributed by atoms with E-state index in [0.29, 0.717) is 11.7 Å². The Morgan fingerprint density at radius 1 is 1.59 bits per heavy atom. The zero-order chi connectivity index (χ0) is 11.8. The van der Waals surface area contributed by atoms with Crippen LogP contribution in [0.3, 0.4) is 0 Å². The molecule has 2 heterocycles. The van der Waals surface area contributed by atoms with Gasteiger partial charge in [0, 0.05) is 4.88 Å². The van der Waals surface area contributed by atoms with Gasteiger partial charge in [-0.1, -0.05) is 5.16 Å².